The zero-order valence-corrected chi connectivity index (χ0v) is 18.3. The number of amides is 1. The molecule has 4 heterocycles. The van der Waals surface area contributed by atoms with Crippen molar-refractivity contribution in [1.29, 1.82) is 0 Å². The number of nitrogen functional groups attached to an aromatic ring is 1. The molecule has 1 amide bonds. The van der Waals surface area contributed by atoms with Crippen molar-refractivity contribution < 1.29 is 4.79 Å². The number of likely N-dealkylation sites (tertiary alicyclic amines) is 1. The van der Waals surface area contributed by atoms with E-state index in [1.807, 2.05) is 24.3 Å². The summed E-state index contributed by atoms with van der Waals surface area (Å²) in [5, 5.41) is 0.845. The highest BCUT2D eigenvalue weighted by molar-refractivity contribution is 6.05. The standard InChI is InChI=1S/C24H27N7O/c1-3-18(32)31-10-8-24(9-11-31)6-4-16(5-7-24)21-19(17-12-26-14-27-13-17)20-22(25)28-15-29-23(20)30(21)2/h3-4,12-15H,1,5-11H2,2H3,(H2,25,28,29). The zero-order chi connectivity index (χ0) is 22.3. The summed E-state index contributed by atoms with van der Waals surface area (Å²) >= 11 is 0. The summed E-state index contributed by atoms with van der Waals surface area (Å²) < 4.78 is 2.12. The third-order valence-electron chi connectivity index (χ3n) is 7.17. The molecule has 1 fully saturated rings. The third-order valence-corrected chi connectivity index (χ3v) is 7.17. The fourth-order valence-corrected chi connectivity index (χ4v) is 5.30. The Morgan fingerprint density at radius 1 is 1.16 bits per heavy atom. The van der Waals surface area contributed by atoms with Crippen LogP contribution in [0.3, 0.4) is 0 Å². The summed E-state index contributed by atoms with van der Waals surface area (Å²) in [6.07, 6.45) is 15.6. The van der Waals surface area contributed by atoms with Crippen molar-refractivity contribution in [2.45, 2.75) is 32.1 Å². The minimum absolute atomic E-state index is 0.0378. The van der Waals surface area contributed by atoms with Crippen LogP contribution in [0.5, 0.6) is 0 Å². The van der Waals surface area contributed by atoms with Crippen LogP contribution >= 0.6 is 0 Å². The number of anilines is 1. The maximum absolute atomic E-state index is 12.0. The lowest BCUT2D eigenvalue weighted by atomic mass is 9.68. The summed E-state index contributed by atoms with van der Waals surface area (Å²) in [6, 6.07) is 0. The Morgan fingerprint density at radius 2 is 1.91 bits per heavy atom. The van der Waals surface area contributed by atoms with Crippen molar-refractivity contribution in [2.24, 2.45) is 12.5 Å². The van der Waals surface area contributed by atoms with E-state index in [2.05, 4.69) is 37.2 Å². The Hall–Kier alpha value is -3.55. The molecule has 2 N–H and O–H groups in total. The SMILES string of the molecule is C=CC(=O)N1CCC2(CC=C(c3c(-c4cncnc4)c4c(N)ncnc4n3C)CC2)CC1. The van der Waals surface area contributed by atoms with E-state index in [-0.39, 0.29) is 11.3 Å². The Morgan fingerprint density at radius 3 is 2.56 bits per heavy atom. The molecule has 3 aromatic heterocycles. The van der Waals surface area contributed by atoms with Gasteiger partial charge in [-0.1, -0.05) is 12.7 Å². The number of aromatic nitrogens is 5. The first-order valence-corrected chi connectivity index (χ1v) is 11.0. The maximum atomic E-state index is 12.0. The van der Waals surface area contributed by atoms with Crippen LogP contribution in [0.15, 0.2) is 43.8 Å². The van der Waals surface area contributed by atoms with Gasteiger partial charge in [0.1, 0.15) is 24.1 Å². The second-order valence-electron chi connectivity index (χ2n) is 8.83. The van der Waals surface area contributed by atoms with E-state index in [0.717, 1.165) is 73.0 Å². The molecule has 164 valence electrons. The average Bonchev–Trinajstić information content (AvgIpc) is 3.14. The van der Waals surface area contributed by atoms with Gasteiger partial charge in [-0.2, -0.15) is 0 Å². The van der Waals surface area contributed by atoms with Crippen LogP contribution in [0, 0.1) is 5.41 Å². The van der Waals surface area contributed by atoms with E-state index in [1.165, 1.54) is 24.3 Å². The van der Waals surface area contributed by atoms with Crippen molar-refractivity contribution in [3.05, 3.63) is 49.5 Å². The molecule has 1 saturated heterocycles. The Balaban J connectivity index is 1.53. The van der Waals surface area contributed by atoms with Gasteiger partial charge in [0.05, 0.1) is 11.1 Å². The highest BCUT2D eigenvalue weighted by Crippen LogP contribution is 2.48. The van der Waals surface area contributed by atoms with Crippen LogP contribution in [0.4, 0.5) is 5.82 Å². The average molecular weight is 430 g/mol. The van der Waals surface area contributed by atoms with Gasteiger partial charge in [0.15, 0.2) is 0 Å². The molecule has 8 heteroatoms. The largest absolute Gasteiger partial charge is 0.383 e. The van der Waals surface area contributed by atoms with Gasteiger partial charge in [0.2, 0.25) is 5.91 Å². The minimum Gasteiger partial charge on any atom is -0.383 e. The number of carbonyl (C=O) groups excluding carboxylic acids is 1. The summed E-state index contributed by atoms with van der Waals surface area (Å²) in [6.45, 7) is 5.23. The lowest BCUT2D eigenvalue weighted by molar-refractivity contribution is -0.128. The molecule has 5 rings (SSSR count). The van der Waals surface area contributed by atoms with Crippen LogP contribution in [-0.4, -0.2) is 48.4 Å². The molecule has 1 aliphatic carbocycles. The molecule has 0 bridgehead atoms. The summed E-state index contributed by atoms with van der Waals surface area (Å²) in [4.78, 5) is 31.1. The van der Waals surface area contributed by atoms with Crippen molar-refractivity contribution in [3.8, 4) is 11.1 Å². The third kappa shape index (κ3) is 3.26. The van der Waals surface area contributed by atoms with Gasteiger partial charge in [-0.25, -0.2) is 19.9 Å². The number of nitrogens with two attached hydrogens (primary N) is 1. The second-order valence-corrected chi connectivity index (χ2v) is 8.83. The van der Waals surface area contributed by atoms with Crippen LogP contribution in [0.1, 0.15) is 37.8 Å². The highest BCUT2D eigenvalue weighted by atomic mass is 16.2. The number of carbonyl (C=O) groups is 1. The first-order chi connectivity index (χ1) is 15.5. The Kier molecular flexibility index (Phi) is 5.00. The summed E-state index contributed by atoms with van der Waals surface area (Å²) in [5.74, 6) is 0.499. The van der Waals surface area contributed by atoms with Crippen LogP contribution in [0.2, 0.25) is 0 Å². The molecule has 1 spiro atoms. The lowest BCUT2D eigenvalue weighted by Gasteiger charge is -2.43. The molecule has 2 aliphatic rings. The van der Waals surface area contributed by atoms with Crippen molar-refractivity contribution >= 4 is 28.3 Å². The van der Waals surface area contributed by atoms with Gasteiger partial charge in [-0.15, -0.1) is 0 Å². The zero-order valence-electron chi connectivity index (χ0n) is 18.3. The molecule has 8 nitrogen and oxygen atoms in total. The van der Waals surface area contributed by atoms with E-state index in [9.17, 15) is 4.79 Å². The molecular weight excluding hydrogens is 402 g/mol. The number of hydrogen-bond donors (Lipinski definition) is 1. The smallest absolute Gasteiger partial charge is 0.245 e. The number of nitrogens with zero attached hydrogens (tertiary/aromatic N) is 6. The van der Waals surface area contributed by atoms with E-state index in [1.54, 1.807) is 0 Å². The first kappa shape index (κ1) is 20.4. The number of aryl methyl sites for hydroxylation is 1. The topological polar surface area (TPSA) is 103 Å². The van der Waals surface area contributed by atoms with Gasteiger partial charge in [0.25, 0.3) is 0 Å². The van der Waals surface area contributed by atoms with Gasteiger partial charge >= 0.3 is 0 Å². The van der Waals surface area contributed by atoms with E-state index < -0.39 is 0 Å². The van der Waals surface area contributed by atoms with Gasteiger partial charge < -0.3 is 15.2 Å². The monoisotopic (exact) mass is 429 g/mol. The normalized spacial score (nSPS) is 18.0. The minimum atomic E-state index is 0.0378. The summed E-state index contributed by atoms with van der Waals surface area (Å²) in [5.41, 5.74) is 11.7. The van der Waals surface area contributed by atoms with Crippen LogP contribution < -0.4 is 5.73 Å². The molecule has 0 unspecified atom stereocenters. The number of hydrogen-bond acceptors (Lipinski definition) is 6. The molecular formula is C24H27N7O. The maximum Gasteiger partial charge on any atom is 0.245 e. The quantitative estimate of drug-likeness (QED) is 0.641. The number of allylic oxidation sites excluding steroid dienone is 2. The molecule has 32 heavy (non-hydrogen) atoms. The van der Waals surface area contributed by atoms with E-state index in [4.69, 9.17) is 5.73 Å². The number of fused-ring (bicyclic) bond motifs is 1. The molecule has 0 aromatic carbocycles. The number of piperidine rings is 1. The van der Waals surface area contributed by atoms with E-state index >= 15 is 0 Å². The van der Waals surface area contributed by atoms with Crippen molar-refractivity contribution in [2.75, 3.05) is 18.8 Å². The Bertz CT molecular complexity index is 1220. The highest BCUT2D eigenvalue weighted by Gasteiger charge is 2.37. The molecule has 3 aromatic rings. The predicted molar refractivity (Wildman–Crippen MR) is 124 cm³/mol. The Labute approximate surface area is 186 Å². The van der Waals surface area contributed by atoms with Crippen molar-refractivity contribution in [1.82, 2.24) is 29.4 Å². The first-order valence-electron chi connectivity index (χ1n) is 11.0. The fraction of sp³-hybridized carbons (Fsp3) is 0.375. The number of rotatable bonds is 3. The fourth-order valence-electron chi connectivity index (χ4n) is 5.30. The second kappa shape index (κ2) is 7.85. The molecule has 0 saturated carbocycles. The van der Waals surface area contributed by atoms with Crippen molar-refractivity contribution in [3.63, 3.8) is 0 Å². The molecule has 0 radical (unpaired) electrons. The molecule has 0 atom stereocenters. The van der Waals surface area contributed by atoms with Gasteiger partial charge in [0, 0.05) is 43.7 Å². The van der Waals surface area contributed by atoms with Crippen LogP contribution in [-0.2, 0) is 11.8 Å². The van der Waals surface area contributed by atoms with E-state index in [0.29, 0.717) is 5.82 Å². The summed E-state index contributed by atoms with van der Waals surface area (Å²) in [7, 11) is 2.03. The predicted octanol–water partition coefficient (Wildman–Crippen LogP) is 3.37. The van der Waals surface area contributed by atoms with Crippen LogP contribution in [0.25, 0.3) is 27.7 Å². The van der Waals surface area contributed by atoms with Gasteiger partial charge in [-0.3, -0.25) is 4.79 Å². The van der Waals surface area contributed by atoms with Gasteiger partial charge in [-0.05, 0) is 49.2 Å². The molecule has 1 aliphatic heterocycles. The lowest BCUT2D eigenvalue weighted by Crippen LogP contribution is -2.43.